The number of hydrogen-bond acceptors (Lipinski definition) is 5. The van der Waals surface area contributed by atoms with E-state index in [-0.39, 0.29) is 30.4 Å². The number of nitrogens with one attached hydrogen (secondary N) is 1. The van der Waals surface area contributed by atoms with E-state index >= 15 is 0 Å². The Kier molecular flexibility index (Phi) is 6.43. The standard InChI is InChI=1S/C19H28N4O3/c1-14(2)19(3,13-20)21-17(24)12-22-10-7-15(8-11-22)23-9-5-6-16(23)18(25)26-4/h5-6,9,14-15H,7-8,10-12H2,1-4H3,(H,21,24). The van der Waals surface area contributed by atoms with E-state index < -0.39 is 5.54 Å². The number of carbonyl (C=O) groups excluding carboxylic acids is 2. The second kappa shape index (κ2) is 8.37. The molecule has 0 saturated carbocycles. The number of likely N-dealkylation sites (tertiary alicyclic amines) is 1. The van der Waals surface area contributed by atoms with Gasteiger partial charge in [-0.3, -0.25) is 9.69 Å². The first kappa shape index (κ1) is 20.0. The summed E-state index contributed by atoms with van der Waals surface area (Å²) in [5, 5.41) is 12.2. The molecule has 26 heavy (non-hydrogen) atoms. The first-order chi connectivity index (χ1) is 12.3. The van der Waals surface area contributed by atoms with Crippen molar-refractivity contribution in [2.75, 3.05) is 26.7 Å². The first-order valence-corrected chi connectivity index (χ1v) is 9.00. The van der Waals surface area contributed by atoms with E-state index in [9.17, 15) is 14.9 Å². The van der Waals surface area contributed by atoms with Crippen molar-refractivity contribution in [3.8, 4) is 6.07 Å². The average molecular weight is 360 g/mol. The van der Waals surface area contributed by atoms with Crippen molar-refractivity contribution in [2.24, 2.45) is 5.92 Å². The summed E-state index contributed by atoms with van der Waals surface area (Å²) in [6, 6.07) is 6.03. The minimum atomic E-state index is -0.851. The molecule has 1 aliphatic heterocycles. The molecule has 0 radical (unpaired) electrons. The quantitative estimate of drug-likeness (QED) is 0.784. The van der Waals surface area contributed by atoms with Gasteiger partial charge in [-0.2, -0.15) is 5.26 Å². The fourth-order valence-corrected chi connectivity index (χ4v) is 3.18. The van der Waals surface area contributed by atoms with Crippen LogP contribution < -0.4 is 5.32 Å². The molecule has 1 aromatic heterocycles. The smallest absolute Gasteiger partial charge is 0.354 e. The second-order valence-electron chi connectivity index (χ2n) is 7.32. The predicted molar refractivity (Wildman–Crippen MR) is 97.5 cm³/mol. The fourth-order valence-electron chi connectivity index (χ4n) is 3.18. The zero-order valence-corrected chi connectivity index (χ0v) is 16.0. The number of amides is 1. The van der Waals surface area contributed by atoms with E-state index in [1.165, 1.54) is 7.11 Å². The maximum absolute atomic E-state index is 12.3. The molecule has 1 aliphatic rings. The largest absolute Gasteiger partial charge is 0.464 e. The Morgan fingerprint density at radius 1 is 1.42 bits per heavy atom. The highest BCUT2D eigenvalue weighted by Gasteiger charge is 2.31. The van der Waals surface area contributed by atoms with Crippen LogP contribution in [-0.4, -0.2) is 53.6 Å². The summed E-state index contributed by atoms with van der Waals surface area (Å²) in [5.41, 5.74) is -0.291. The highest BCUT2D eigenvalue weighted by atomic mass is 16.5. The van der Waals surface area contributed by atoms with Gasteiger partial charge in [0.1, 0.15) is 11.2 Å². The number of esters is 1. The molecule has 1 saturated heterocycles. The van der Waals surface area contributed by atoms with E-state index in [4.69, 9.17) is 4.74 Å². The molecule has 2 rings (SSSR count). The Morgan fingerprint density at radius 3 is 2.62 bits per heavy atom. The van der Waals surface area contributed by atoms with Gasteiger partial charge in [-0.1, -0.05) is 13.8 Å². The molecule has 1 fully saturated rings. The third kappa shape index (κ3) is 4.44. The van der Waals surface area contributed by atoms with Crippen LogP contribution in [0.2, 0.25) is 0 Å². The topological polar surface area (TPSA) is 87.4 Å². The lowest BCUT2D eigenvalue weighted by atomic mass is 9.90. The predicted octanol–water partition coefficient (Wildman–Crippen LogP) is 1.97. The molecule has 0 aromatic carbocycles. The van der Waals surface area contributed by atoms with Gasteiger partial charge in [-0.25, -0.2) is 4.79 Å². The molecule has 1 amide bonds. The van der Waals surface area contributed by atoms with E-state index in [0.29, 0.717) is 5.69 Å². The molecule has 1 atom stereocenters. The number of piperidine rings is 1. The maximum atomic E-state index is 12.3. The highest BCUT2D eigenvalue weighted by molar-refractivity contribution is 5.87. The summed E-state index contributed by atoms with van der Waals surface area (Å²) >= 11 is 0. The number of methoxy groups -OCH3 is 1. The van der Waals surface area contributed by atoms with Gasteiger partial charge in [-0.05, 0) is 37.8 Å². The van der Waals surface area contributed by atoms with Crippen LogP contribution >= 0.6 is 0 Å². The Morgan fingerprint density at radius 2 is 2.08 bits per heavy atom. The lowest BCUT2D eigenvalue weighted by molar-refractivity contribution is -0.124. The van der Waals surface area contributed by atoms with Crippen molar-refractivity contribution >= 4 is 11.9 Å². The number of carbonyl (C=O) groups is 2. The molecule has 7 nitrogen and oxygen atoms in total. The molecular formula is C19H28N4O3. The van der Waals surface area contributed by atoms with Gasteiger partial charge in [0.25, 0.3) is 0 Å². The van der Waals surface area contributed by atoms with Gasteiger partial charge in [0.15, 0.2) is 0 Å². The number of rotatable bonds is 6. The summed E-state index contributed by atoms with van der Waals surface area (Å²) < 4.78 is 6.79. The van der Waals surface area contributed by atoms with Crippen LogP contribution in [0.5, 0.6) is 0 Å². The first-order valence-electron chi connectivity index (χ1n) is 9.00. The zero-order chi connectivity index (χ0) is 19.3. The normalized spacial score (nSPS) is 18.2. The van der Waals surface area contributed by atoms with Gasteiger partial charge >= 0.3 is 5.97 Å². The molecule has 142 valence electrons. The van der Waals surface area contributed by atoms with Gasteiger partial charge in [0.2, 0.25) is 5.91 Å². The third-order valence-electron chi connectivity index (χ3n) is 5.28. The van der Waals surface area contributed by atoms with Crippen molar-refractivity contribution in [1.29, 1.82) is 5.26 Å². The van der Waals surface area contributed by atoms with Crippen molar-refractivity contribution in [1.82, 2.24) is 14.8 Å². The van der Waals surface area contributed by atoms with Crippen LogP contribution in [0.1, 0.15) is 50.1 Å². The number of aromatic nitrogens is 1. The molecule has 0 spiro atoms. The van der Waals surface area contributed by atoms with E-state index in [2.05, 4.69) is 16.3 Å². The van der Waals surface area contributed by atoms with Crippen molar-refractivity contribution < 1.29 is 14.3 Å². The molecular weight excluding hydrogens is 332 g/mol. The summed E-state index contributed by atoms with van der Waals surface area (Å²) in [5.74, 6) is -0.425. The van der Waals surface area contributed by atoms with Gasteiger partial charge in [0.05, 0.1) is 19.7 Å². The Bertz CT molecular complexity index is 683. The summed E-state index contributed by atoms with van der Waals surface area (Å²) in [7, 11) is 1.38. The third-order valence-corrected chi connectivity index (χ3v) is 5.28. The zero-order valence-electron chi connectivity index (χ0n) is 16.0. The van der Waals surface area contributed by atoms with E-state index in [1.807, 2.05) is 30.7 Å². The Hall–Kier alpha value is -2.33. The minimum Gasteiger partial charge on any atom is -0.464 e. The monoisotopic (exact) mass is 360 g/mol. The number of nitrogens with zero attached hydrogens (tertiary/aromatic N) is 3. The van der Waals surface area contributed by atoms with E-state index in [0.717, 1.165) is 25.9 Å². The average Bonchev–Trinajstić information content (AvgIpc) is 3.11. The summed E-state index contributed by atoms with van der Waals surface area (Å²) in [6.07, 6.45) is 3.61. The summed E-state index contributed by atoms with van der Waals surface area (Å²) in [6.45, 7) is 7.41. The molecule has 0 bridgehead atoms. The van der Waals surface area contributed by atoms with Gasteiger partial charge in [0, 0.05) is 25.3 Å². The molecule has 1 unspecified atom stereocenters. The molecule has 7 heteroatoms. The van der Waals surface area contributed by atoms with Gasteiger partial charge in [-0.15, -0.1) is 0 Å². The van der Waals surface area contributed by atoms with Crippen LogP contribution in [0.4, 0.5) is 0 Å². The molecule has 0 aliphatic carbocycles. The van der Waals surface area contributed by atoms with E-state index in [1.54, 1.807) is 13.0 Å². The molecule has 2 heterocycles. The molecule has 1 N–H and O–H groups in total. The van der Waals surface area contributed by atoms with Crippen molar-refractivity contribution in [3.63, 3.8) is 0 Å². The van der Waals surface area contributed by atoms with Crippen LogP contribution in [-0.2, 0) is 9.53 Å². The van der Waals surface area contributed by atoms with Crippen LogP contribution in [0, 0.1) is 17.2 Å². The minimum absolute atomic E-state index is 0.0349. The summed E-state index contributed by atoms with van der Waals surface area (Å²) in [4.78, 5) is 26.2. The van der Waals surface area contributed by atoms with Crippen LogP contribution in [0.25, 0.3) is 0 Å². The second-order valence-corrected chi connectivity index (χ2v) is 7.32. The van der Waals surface area contributed by atoms with Crippen LogP contribution in [0.15, 0.2) is 18.3 Å². The lowest BCUT2D eigenvalue weighted by Crippen LogP contribution is -2.52. The van der Waals surface area contributed by atoms with Crippen LogP contribution in [0.3, 0.4) is 0 Å². The number of nitriles is 1. The van der Waals surface area contributed by atoms with Crippen molar-refractivity contribution in [3.05, 3.63) is 24.0 Å². The fraction of sp³-hybridized carbons (Fsp3) is 0.632. The Balaban J connectivity index is 1.89. The van der Waals surface area contributed by atoms with Gasteiger partial charge < -0.3 is 14.6 Å². The number of hydrogen-bond donors (Lipinski definition) is 1. The SMILES string of the molecule is COC(=O)c1cccn1C1CCN(CC(=O)NC(C)(C#N)C(C)C)CC1. The Labute approximate surface area is 154 Å². The maximum Gasteiger partial charge on any atom is 0.354 e. The molecule has 1 aromatic rings. The lowest BCUT2D eigenvalue weighted by Gasteiger charge is -2.34. The highest BCUT2D eigenvalue weighted by Crippen LogP contribution is 2.25. The number of ether oxygens (including phenoxy) is 1. The van der Waals surface area contributed by atoms with Crippen molar-refractivity contribution in [2.45, 2.75) is 45.2 Å².